The molecule has 2 N–H and O–H groups in total. The van der Waals surface area contributed by atoms with Crippen molar-refractivity contribution in [3.05, 3.63) is 48.5 Å². The number of hydrogen-bond acceptors (Lipinski definition) is 3. The van der Waals surface area contributed by atoms with Gasteiger partial charge in [-0.3, -0.25) is 4.79 Å². The number of carboxylic acids is 1. The largest absolute Gasteiger partial charge is 0.480 e. The zero-order valence-corrected chi connectivity index (χ0v) is 12.6. The van der Waals surface area contributed by atoms with Crippen LogP contribution >= 0.6 is 0 Å². The smallest absolute Gasteiger partial charge is 0.326 e. The number of imidazole rings is 1. The molecule has 6 heteroatoms. The summed E-state index contributed by atoms with van der Waals surface area (Å²) in [5.74, 6) is -1.53. The number of hydrogen-bond donors (Lipinski definition) is 2. The van der Waals surface area contributed by atoms with Crippen LogP contribution in [-0.4, -0.2) is 32.6 Å². The number of aliphatic carboxylic acids is 1. The van der Waals surface area contributed by atoms with Crippen molar-refractivity contribution in [2.45, 2.75) is 26.3 Å². The Morgan fingerprint density at radius 2 is 2.00 bits per heavy atom. The lowest BCUT2D eigenvalue weighted by Crippen LogP contribution is -2.45. The second-order valence-corrected chi connectivity index (χ2v) is 5.19. The van der Waals surface area contributed by atoms with Gasteiger partial charge in [-0.15, -0.1) is 0 Å². The molecule has 2 rings (SSSR count). The van der Waals surface area contributed by atoms with Crippen molar-refractivity contribution in [2.75, 3.05) is 0 Å². The van der Waals surface area contributed by atoms with Gasteiger partial charge in [0.2, 0.25) is 0 Å². The van der Waals surface area contributed by atoms with Crippen LogP contribution in [0.2, 0.25) is 0 Å². The summed E-state index contributed by atoms with van der Waals surface area (Å²) >= 11 is 0. The van der Waals surface area contributed by atoms with Crippen LogP contribution in [0.25, 0.3) is 5.69 Å². The molecule has 6 nitrogen and oxygen atoms in total. The minimum atomic E-state index is -1.02. The molecule has 0 saturated carbocycles. The number of carboxylic acid groups (broad SMARTS) is 1. The lowest BCUT2D eigenvalue weighted by atomic mass is 9.99. The summed E-state index contributed by atoms with van der Waals surface area (Å²) in [5.41, 5.74) is 1.31. The van der Waals surface area contributed by atoms with Crippen molar-refractivity contribution in [2.24, 2.45) is 5.92 Å². The van der Waals surface area contributed by atoms with Gasteiger partial charge in [-0.2, -0.15) is 0 Å². The number of nitrogens with zero attached hydrogens (tertiary/aromatic N) is 2. The lowest BCUT2D eigenvalue weighted by molar-refractivity contribution is -0.140. The first-order valence-corrected chi connectivity index (χ1v) is 7.15. The van der Waals surface area contributed by atoms with Crippen molar-refractivity contribution in [3.8, 4) is 5.69 Å². The van der Waals surface area contributed by atoms with E-state index in [0.717, 1.165) is 5.69 Å². The first-order valence-electron chi connectivity index (χ1n) is 7.15. The Hall–Kier alpha value is -2.63. The van der Waals surface area contributed by atoms with E-state index in [1.165, 1.54) is 0 Å². The number of benzene rings is 1. The highest BCUT2D eigenvalue weighted by Gasteiger charge is 2.25. The molecular formula is C16H19N3O3. The fourth-order valence-electron chi connectivity index (χ4n) is 2.10. The fraction of sp³-hybridized carbons (Fsp3) is 0.312. The van der Waals surface area contributed by atoms with Crippen molar-refractivity contribution in [1.82, 2.24) is 14.9 Å². The van der Waals surface area contributed by atoms with Crippen LogP contribution in [-0.2, 0) is 4.79 Å². The quantitative estimate of drug-likeness (QED) is 0.855. The minimum absolute atomic E-state index is 0.133. The maximum Gasteiger partial charge on any atom is 0.326 e. The number of amides is 1. The van der Waals surface area contributed by atoms with E-state index in [4.69, 9.17) is 0 Å². The van der Waals surface area contributed by atoms with Crippen molar-refractivity contribution < 1.29 is 14.7 Å². The van der Waals surface area contributed by atoms with Crippen LogP contribution in [0.3, 0.4) is 0 Å². The molecule has 1 aromatic carbocycles. The van der Waals surface area contributed by atoms with E-state index < -0.39 is 12.0 Å². The molecule has 0 radical (unpaired) electrons. The SMILES string of the molecule is CC[C@H](C)[C@H](NC(=O)c1ccc(-n2ccnc2)cc1)C(=O)O. The van der Waals surface area contributed by atoms with Gasteiger partial charge in [-0.25, -0.2) is 9.78 Å². The number of carbonyl (C=O) groups excluding carboxylic acids is 1. The minimum Gasteiger partial charge on any atom is -0.480 e. The van der Waals surface area contributed by atoms with Crippen molar-refractivity contribution in [3.63, 3.8) is 0 Å². The third kappa shape index (κ3) is 3.52. The Balaban J connectivity index is 2.11. The Morgan fingerprint density at radius 3 is 2.50 bits per heavy atom. The second-order valence-electron chi connectivity index (χ2n) is 5.19. The van der Waals surface area contributed by atoms with E-state index in [1.54, 1.807) is 49.9 Å². The van der Waals surface area contributed by atoms with Crippen molar-refractivity contribution >= 4 is 11.9 Å². The Bertz CT molecular complexity index is 635. The molecule has 0 spiro atoms. The van der Waals surface area contributed by atoms with Gasteiger partial charge in [-0.05, 0) is 30.2 Å². The zero-order valence-electron chi connectivity index (χ0n) is 12.6. The third-order valence-corrected chi connectivity index (χ3v) is 3.70. The molecule has 0 unspecified atom stereocenters. The summed E-state index contributed by atoms with van der Waals surface area (Å²) in [6.07, 6.45) is 5.82. The average molecular weight is 301 g/mol. The molecule has 0 aliphatic heterocycles. The molecular weight excluding hydrogens is 282 g/mol. The lowest BCUT2D eigenvalue weighted by Gasteiger charge is -2.20. The fourth-order valence-corrected chi connectivity index (χ4v) is 2.10. The summed E-state index contributed by atoms with van der Waals surface area (Å²) in [6.45, 7) is 3.70. The van der Waals surface area contributed by atoms with Gasteiger partial charge < -0.3 is 15.0 Å². The highest BCUT2D eigenvalue weighted by molar-refractivity contribution is 5.96. The molecule has 0 fully saturated rings. The summed E-state index contributed by atoms with van der Waals surface area (Å²) in [6, 6.07) is 6.02. The van der Waals surface area contributed by atoms with Crippen LogP contribution < -0.4 is 5.32 Å². The molecule has 0 saturated heterocycles. The van der Waals surface area contributed by atoms with Crippen molar-refractivity contribution in [1.29, 1.82) is 0 Å². The number of aromatic nitrogens is 2. The van der Waals surface area contributed by atoms with Gasteiger partial charge in [0.05, 0.1) is 6.33 Å². The van der Waals surface area contributed by atoms with Crippen LogP contribution in [0, 0.1) is 5.92 Å². The predicted octanol–water partition coefficient (Wildman–Crippen LogP) is 2.10. The molecule has 0 aliphatic carbocycles. The number of rotatable bonds is 6. The summed E-state index contributed by atoms with van der Waals surface area (Å²) in [5, 5.41) is 11.8. The Kier molecular flexibility index (Phi) is 4.93. The van der Waals surface area contributed by atoms with E-state index in [-0.39, 0.29) is 11.8 Å². The normalized spacial score (nSPS) is 13.4. The van der Waals surface area contributed by atoms with Gasteiger partial charge in [0.25, 0.3) is 5.91 Å². The third-order valence-electron chi connectivity index (χ3n) is 3.70. The monoisotopic (exact) mass is 301 g/mol. The molecule has 1 heterocycles. The van der Waals surface area contributed by atoms with E-state index in [2.05, 4.69) is 10.3 Å². The second kappa shape index (κ2) is 6.89. The molecule has 1 amide bonds. The summed E-state index contributed by atoms with van der Waals surface area (Å²) in [7, 11) is 0. The summed E-state index contributed by atoms with van der Waals surface area (Å²) in [4.78, 5) is 27.4. The highest BCUT2D eigenvalue weighted by atomic mass is 16.4. The zero-order chi connectivity index (χ0) is 16.1. The number of nitrogens with one attached hydrogen (secondary N) is 1. The van der Waals surface area contributed by atoms with Gasteiger partial charge in [0.15, 0.2) is 0 Å². The molecule has 0 aliphatic rings. The van der Waals surface area contributed by atoms with E-state index >= 15 is 0 Å². The van der Waals surface area contributed by atoms with Gasteiger partial charge in [-0.1, -0.05) is 20.3 Å². The average Bonchev–Trinajstić information content (AvgIpc) is 3.06. The topological polar surface area (TPSA) is 84.2 Å². The molecule has 2 aromatic rings. The van der Waals surface area contributed by atoms with E-state index in [1.807, 2.05) is 11.5 Å². The first-order chi connectivity index (χ1) is 10.5. The summed E-state index contributed by atoms with van der Waals surface area (Å²) < 4.78 is 1.82. The van der Waals surface area contributed by atoms with Gasteiger partial charge >= 0.3 is 5.97 Å². The van der Waals surface area contributed by atoms with E-state index in [9.17, 15) is 14.7 Å². The molecule has 1 aromatic heterocycles. The Morgan fingerprint density at radius 1 is 1.32 bits per heavy atom. The van der Waals surface area contributed by atoms with Crippen LogP contribution in [0.15, 0.2) is 43.0 Å². The highest BCUT2D eigenvalue weighted by Crippen LogP contribution is 2.12. The maximum atomic E-state index is 12.2. The van der Waals surface area contributed by atoms with Crippen LogP contribution in [0.1, 0.15) is 30.6 Å². The van der Waals surface area contributed by atoms with Crippen LogP contribution in [0.5, 0.6) is 0 Å². The Labute approximate surface area is 128 Å². The standard InChI is InChI=1S/C16H19N3O3/c1-3-11(2)14(16(21)22)18-15(20)12-4-6-13(7-5-12)19-9-8-17-10-19/h4-11,14H,3H2,1-2H3,(H,18,20)(H,21,22)/t11-,14-/m0/s1. The molecule has 0 bridgehead atoms. The van der Waals surface area contributed by atoms with Gasteiger partial charge in [0, 0.05) is 23.6 Å². The number of carbonyl (C=O) groups is 2. The predicted molar refractivity (Wildman–Crippen MR) is 81.9 cm³/mol. The maximum absolute atomic E-state index is 12.2. The molecule has 116 valence electrons. The first kappa shape index (κ1) is 15.8. The van der Waals surface area contributed by atoms with E-state index in [0.29, 0.717) is 12.0 Å². The molecule has 22 heavy (non-hydrogen) atoms. The molecule has 2 atom stereocenters. The van der Waals surface area contributed by atoms with Gasteiger partial charge in [0.1, 0.15) is 6.04 Å². The van der Waals surface area contributed by atoms with Crippen LogP contribution in [0.4, 0.5) is 0 Å².